The molecule has 15 N–H and O–H groups in total. The van der Waals surface area contributed by atoms with E-state index in [2.05, 4.69) is 29.9 Å². The van der Waals surface area contributed by atoms with Gasteiger partial charge in [-0.1, -0.05) is 165 Å². The number of carboxylic acids is 9. The fraction of sp³-hybridized carbons (Fsp3) is 0.0875. The molecular formula is C80H58Cl9N7O21. The maximum Gasteiger partial charge on any atom is 0.354 e. The van der Waals surface area contributed by atoms with Crippen LogP contribution in [0.5, 0.6) is 0 Å². The van der Waals surface area contributed by atoms with E-state index >= 15 is 0 Å². The molecule has 0 unspecified atom stereocenters. The van der Waals surface area contributed by atoms with Gasteiger partial charge < -0.3 is 85.5 Å². The molecule has 0 saturated heterocycles. The minimum absolute atomic E-state index is 0.00896. The average Bonchev–Trinajstić information content (AvgIpc) is 1.65. The first-order valence-electron chi connectivity index (χ1n) is 33.6. The van der Waals surface area contributed by atoms with Crippen LogP contribution in [0.15, 0.2) is 158 Å². The number of nitrogens with one attached hydrogen (secondary N) is 6. The van der Waals surface area contributed by atoms with Gasteiger partial charge in [0.15, 0.2) is 0 Å². The highest BCUT2D eigenvalue weighted by Crippen LogP contribution is 2.39. The van der Waals surface area contributed by atoms with Crippen molar-refractivity contribution in [1.29, 1.82) is 0 Å². The molecule has 28 nitrogen and oxygen atoms in total. The first-order chi connectivity index (χ1) is 55.3. The van der Waals surface area contributed by atoms with Gasteiger partial charge in [0.05, 0.1) is 45.8 Å². The molecule has 6 heterocycles. The van der Waals surface area contributed by atoms with Gasteiger partial charge in [0.1, 0.15) is 34.2 Å². The zero-order valence-electron chi connectivity index (χ0n) is 59.9. The number of carbonyl (C=O) groups is 11. The van der Waals surface area contributed by atoms with E-state index in [1.807, 2.05) is 6.07 Å². The molecule has 602 valence electrons. The summed E-state index contributed by atoms with van der Waals surface area (Å²) in [7, 11) is 1.55. The molecule has 14 rings (SSSR count). The lowest BCUT2D eigenvalue weighted by Crippen LogP contribution is -2.27. The van der Waals surface area contributed by atoms with E-state index in [0.717, 1.165) is 0 Å². The van der Waals surface area contributed by atoms with Gasteiger partial charge in [-0.15, -0.1) is 0 Å². The lowest BCUT2D eigenvalue weighted by atomic mass is 10.0. The number of aryl methyl sites for hydroxylation is 1. The van der Waals surface area contributed by atoms with Crippen LogP contribution in [-0.2, 0) is 43.2 Å². The molecule has 1 amide bonds. The van der Waals surface area contributed by atoms with Crippen molar-refractivity contribution in [2.24, 2.45) is 0 Å². The topological polar surface area (TPSA) is 477 Å². The maximum absolute atomic E-state index is 12.6. The SMILES string of the molecule is CCOC(=O)Cc1c(C(=O)O)[nH]c2cc(Cl)ccc12.CN(C(=O)c1ccccc1)c1c(C(=O)O)[nH]c2cc(Cl)ccc12.O=C(O)/C(=C\c1c(C(=O)O)[nH]c2cc(Cl)cc(Cl)c12)c1ccccc1.O=C(O)CCc1c(C(=O)O)[nH]c2cc(Cl)cc(Cl)c12.O=C(O)Cc1c(C(=O)O)[nH]c2cc(Cl)ccc12.O=C(O)c1cc2c(Cl)cc(Cl)cc2[nH]1. The minimum atomic E-state index is -1.23. The number of aliphatic carboxylic acids is 3. The molecule has 0 atom stereocenters. The van der Waals surface area contributed by atoms with Crippen LogP contribution in [0.1, 0.15) is 114 Å². The van der Waals surface area contributed by atoms with Gasteiger partial charge in [0.2, 0.25) is 0 Å². The number of carboxylic acid groups (broad SMARTS) is 9. The summed E-state index contributed by atoms with van der Waals surface area (Å²) in [6, 6.07) is 42.6. The number of ether oxygens (including phenoxy) is 1. The number of halogens is 9. The molecule has 0 spiro atoms. The van der Waals surface area contributed by atoms with Crippen molar-refractivity contribution in [3.05, 3.63) is 270 Å². The Balaban J connectivity index is 0.000000162. The van der Waals surface area contributed by atoms with Crippen LogP contribution < -0.4 is 4.90 Å². The van der Waals surface area contributed by atoms with Gasteiger partial charge in [-0.3, -0.25) is 19.2 Å². The minimum Gasteiger partial charge on any atom is -0.481 e. The number of carbonyl (C=O) groups excluding carboxylic acids is 2. The summed E-state index contributed by atoms with van der Waals surface area (Å²) in [5.74, 6) is -10.9. The van der Waals surface area contributed by atoms with Crippen LogP contribution in [0.25, 0.3) is 77.1 Å². The molecule has 117 heavy (non-hydrogen) atoms. The van der Waals surface area contributed by atoms with Crippen LogP contribution >= 0.6 is 104 Å². The van der Waals surface area contributed by atoms with Crippen molar-refractivity contribution >= 4 is 253 Å². The van der Waals surface area contributed by atoms with Gasteiger partial charge in [0, 0.05) is 131 Å². The molecule has 14 aromatic rings. The molecule has 6 aromatic heterocycles. The number of hydrogen-bond acceptors (Lipinski definition) is 12. The third-order valence-electron chi connectivity index (χ3n) is 17.0. The lowest BCUT2D eigenvalue weighted by molar-refractivity contribution is -0.142. The summed E-state index contributed by atoms with van der Waals surface area (Å²) in [6.07, 6.45) is 0.782. The number of benzene rings is 8. The van der Waals surface area contributed by atoms with E-state index < -0.39 is 59.7 Å². The molecule has 8 aromatic carbocycles. The molecule has 37 heteroatoms. The summed E-state index contributed by atoms with van der Waals surface area (Å²) < 4.78 is 4.85. The van der Waals surface area contributed by atoms with E-state index in [1.165, 1.54) is 35.2 Å². The molecule has 0 aliphatic carbocycles. The lowest BCUT2D eigenvalue weighted by Gasteiger charge is -2.17. The number of amides is 1. The fourth-order valence-electron chi connectivity index (χ4n) is 12.1. The Kier molecular flexibility index (Phi) is 29.3. The van der Waals surface area contributed by atoms with Gasteiger partial charge in [-0.05, 0) is 128 Å². The summed E-state index contributed by atoms with van der Waals surface area (Å²) in [5, 5.41) is 89.0. The van der Waals surface area contributed by atoms with Crippen LogP contribution in [0.2, 0.25) is 45.2 Å². The summed E-state index contributed by atoms with van der Waals surface area (Å²) >= 11 is 53.3. The van der Waals surface area contributed by atoms with Crippen molar-refractivity contribution in [2.75, 3.05) is 18.6 Å². The standard InChI is InChI=1S/C18H11Cl2NO4.C17H13ClN2O3.C13H12ClNO4.C12H9Cl2NO4.C11H8ClNO4.C9H5Cl2NO2/c19-10-6-13(20)15-12(16(18(24)25)21-14(15)7-10)8-11(17(22)23)9-4-2-1-3-5-9;1-20(16(21)10-5-3-2-4-6-10)15-12-8-7-11(18)9-13(12)19-14(15)17(22)23;1-2-19-11(16)6-9-8-4-3-7(14)5-10(8)15-12(9)13(17)18;13-5-3-7(14)10-6(1-2-9(16)17)11(12(18)19)15-8(10)4-5;12-5-1-2-6-7(4-9(14)15)10(11(16)17)13-8(6)3-5;10-4-1-6(11)5-3-8(9(13)14)12-7(5)2-4/h1-8,21H,(H,22,23)(H,24,25);2-9,19H,1H3,(H,22,23);3-5,15H,2,6H2,1H3,(H,17,18);3-4,15H,1-2H2,(H,16,17)(H,18,19);1-3,13H,4H2,(H,14,15)(H,16,17);1-3,12H,(H,13,14)/b11-8-;;;;;. The highest BCUT2D eigenvalue weighted by atomic mass is 35.5. The second kappa shape index (κ2) is 38.8. The van der Waals surface area contributed by atoms with Crippen LogP contribution in [0.3, 0.4) is 0 Å². The third kappa shape index (κ3) is 21.5. The Hall–Kier alpha value is -12.5. The van der Waals surface area contributed by atoms with Crippen molar-refractivity contribution < 1.29 is 103 Å². The van der Waals surface area contributed by atoms with E-state index in [0.29, 0.717) is 134 Å². The molecule has 0 fully saturated rings. The van der Waals surface area contributed by atoms with Crippen LogP contribution in [-0.4, -0.2) is 155 Å². The van der Waals surface area contributed by atoms with Gasteiger partial charge >= 0.3 is 59.7 Å². The first kappa shape index (κ1) is 88.5. The average molecular weight is 1770 g/mol. The van der Waals surface area contributed by atoms with Crippen molar-refractivity contribution in [2.45, 2.75) is 32.6 Å². The summed E-state index contributed by atoms with van der Waals surface area (Å²) in [5.41, 5.74) is 5.37. The number of aromatic amines is 6. The molecule has 0 saturated carbocycles. The van der Waals surface area contributed by atoms with Gasteiger partial charge in [-0.25, -0.2) is 33.6 Å². The molecular weight excluding hydrogens is 1710 g/mol. The predicted octanol–water partition coefficient (Wildman–Crippen LogP) is 19.7. The summed E-state index contributed by atoms with van der Waals surface area (Å²) in [6.45, 7) is 1.96. The summed E-state index contributed by atoms with van der Waals surface area (Å²) in [4.78, 5) is 142. The van der Waals surface area contributed by atoms with Crippen molar-refractivity contribution in [3.8, 4) is 0 Å². The van der Waals surface area contributed by atoms with E-state index in [-0.39, 0.29) is 94.1 Å². The van der Waals surface area contributed by atoms with E-state index in [4.69, 9.17) is 140 Å². The zero-order chi connectivity index (χ0) is 85.7. The number of anilines is 1. The largest absolute Gasteiger partial charge is 0.481 e. The number of esters is 1. The Bertz CT molecular complexity index is 6320. The second-order valence-electron chi connectivity index (χ2n) is 24.7. The van der Waals surface area contributed by atoms with Crippen molar-refractivity contribution in [3.63, 3.8) is 0 Å². The Morgan fingerprint density at radius 1 is 0.385 bits per heavy atom. The number of fused-ring (bicyclic) bond motifs is 6. The molecule has 0 bridgehead atoms. The maximum atomic E-state index is 12.6. The molecule has 0 radical (unpaired) electrons. The highest BCUT2D eigenvalue weighted by molar-refractivity contribution is 6.41. The number of rotatable bonds is 19. The van der Waals surface area contributed by atoms with E-state index in [1.54, 1.807) is 141 Å². The fourth-order valence-corrected chi connectivity index (χ4v) is 14.4. The quantitative estimate of drug-likeness (QED) is 0.0264. The Morgan fingerprint density at radius 3 is 1.26 bits per heavy atom. The number of aromatic nitrogens is 6. The number of H-pyrrole nitrogens is 6. The van der Waals surface area contributed by atoms with Crippen molar-refractivity contribution in [1.82, 2.24) is 29.9 Å². The van der Waals surface area contributed by atoms with E-state index in [9.17, 15) is 68.1 Å². The van der Waals surface area contributed by atoms with Gasteiger partial charge in [0.25, 0.3) is 5.91 Å². The smallest absolute Gasteiger partial charge is 0.354 e. The number of aromatic carboxylic acids is 6. The van der Waals surface area contributed by atoms with Crippen LogP contribution in [0.4, 0.5) is 5.69 Å². The second-order valence-corrected chi connectivity index (χ2v) is 28.5. The first-order valence-corrected chi connectivity index (χ1v) is 37.0. The Labute approximate surface area is 702 Å². The van der Waals surface area contributed by atoms with Gasteiger partial charge in [-0.2, -0.15) is 0 Å². The molecule has 0 aliphatic heterocycles. The predicted molar refractivity (Wildman–Crippen MR) is 445 cm³/mol. The number of hydrogen-bond donors (Lipinski definition) is 15. The zero-order valence-corrected chi connectivity index (χ0v) is 66.7. The highest BCUT2D eigenvalue weighted by Gasteiger charge is 2.28. The number of nitrogens with zero attached hydrogens (tertiary/aromatic N) is 1. The normalized spacial score (nSPS) is 10.9. The molecule has 0 aliphatic rings. The Morgan fingerprint density at radius 2 is 0.786 bits per heavy atom. The third-order valence-corrected chi connectivity index (χ3v) is 19.3. The monoisotopic (exact) mass is 1770 g/mol. The van der Waals surface area contributed by atoms with Crippen LogP contribution in [0, 0.1) is 0 Å².